The number of sulfone groups is 2. The van der Waals surface area contributed by atoms with Crippen LogP contribution in [0.3, 0.4) is 0 Å². The number of hydrogen-bond acceptors (Lipinski definition) is 13. The van der Waals surface area contributed by atoms with E-state index in [-0.39, 0.29) is 18.1 Å². The van der Waals surface area contributed by atoms with E-state index in [1.807, 2.05) is 57.0 Å². The van der Waals surface area contributed by atoms with E-state index in [4.69, 9.17) is 15.7 Å². The molecule has 2 aromatic carbocycles. The fourth-order valence-corrected chi connectivity index (χ4v) is 13.8. The molecule has 0 radical (unpaired) electrons. The van der Waals surface area contributed by atoms with E-state index in [1.165, 1.54) is 28.3 Å². The third kappa shape index (κ3) is 14.5. The molecule has 0 aliphatic heterocycles. The molecule has 13 rings (SSSR count). The monoisotopic (exact) mass is 1270 g/mol. The molecular weight excluding hydrogens is 1200 g/mol. The third-order valence-corrected chi connectivity index (χ3v) is 19.6. The van der Waals surface area contributed by atoms with E-state index < -0.39 is 19.7 Å². The summed E-state index contributed by atoms with van der Waals surface area (Å²) < 4.78 is 62.6. The number of pyridine rings is 3. The van der Waals surface area contributed by atoms with Crippen LogP contribution in [-0.4, -0.2) is 107 Å². The molecule has 0 amide bonds. The first-order chi connectivity index (χ1) is 44.0. The lowest BCUT2D eigenvalue weighted by atomic mass is 10.1. The number of hydrogen-bond donors (Lipinski definition) is 3. The Morgan fingerprint density at radius 3 is 1.18 bits per heavy atom. The van der Waals surface area contributed by atoms with Crippen LogP contribution in [0.5, 0.6) is 0 Å². The SMILES string of the molecule is Cc1ccc(C)n1-c1cc(Cc2cn[nH]c2)cc(-n2c(C)ccc2C)n1.Cc1ccc(S(=O)(=O)CCn2cc(Cc3cc(-n4c(C)ccc4C)nc(-n4c(C)ccc4C)c3)cn2)cc1.Cc1ccc(S(=O)(=O)CCn2cc(Cc3cc(N)nc4n[nH]nc34)cn2)cc1. The highest BCUT2D eigenvalue weighted by Crippen LogP contribution is 2.26. The molecule has 13 aromatic rings. The number of rotatable bonds is 18. The summed E-state index contributed by atoms with van der Waals surface area (Å²) in [5.41, 5.74) is 24.5. The van der Waals surface area contributed by atoms with Crippen LogP contribution in [0, 0.1) is 69.2 Å². The van der Waals surface area contributed by atoms with Gasteiger partial charge in [0.15, 0.2) is 19.7 Å². The fraction of sp³-hybridized carbons (Fsp3) is 0.246. The number of nitrogen functional groups attached to an aromatic ring is 1. The van der Waals surface area contributed by atoms with Crippen molar-refractivity contribution >= 4 is 36.7 Å². The van der Waals surface area contributed by atoms with Gasteiger partial charge in [-0.2, -0.15) is 25.6 Å². The Labute approximate surface area is 535 Å². The molecule has 92 heavy (non-hydrogen) atoms. The number of nitrogens with one attached hydrogen (secondary N) is 2. The molecule has 0 spiro atoms. The standard InChI is InChI=1S/C30H33N5O2S.C21H23N5.C18H19N7O2S/c1-21-6-12-28(13-7-21)38(36,37)15-14-33-20-27(19-31-33)16-26-17-29(34-22(2)8-9-23(34)3)32-30(18-26)35-24(4)10-11-25(35)5;1-14-5-6-15(2)25(14)20-10-18(9-19-12-22-23-13-19)11-21(24-20)26-16(3)7-8-17(26)4;1-12-2-4-15(5-3-12)28(26,27)7-6-25-11-13(10-20-25)8-14-9-16(19)21-18-17(14)22-24-23-18/h6-13,17-20H,14-16H2,1-5H3;5-8,10-13H,9H2,1-4H3,(H,22,23);2-5,9-11H,6-8H2,1H3,(H3,19,21,22,23,24). The van der Waals surface area contributed by atoms with Crippen molar-refractivity contribution in [2.24, 2.45) is 0 Å². The van der Waals surface area contributed by atoms with Crippen molar-refractivity contribution in [2.45, 2.75) is 111 Å². The van der Waals surface area contributed by atoms with Crippen molar-refractivity contribution in [3.05, 3.63) is 255 Å². The zero-order valence-electron chi connectivity index (χ0n) is 53.3. The summed E-state index contributed by atoms with van der Waals surface area (Å²) >= 11 is 0. The number of anilines is 1. The second-order valence-electron chi connectivity index (χ2n) is 23.5. The molecule has 472 valence electrons. The number of H-pyrrole nitrogens is 2. The molecule has 0 bridgehead atoms. The third-order valence-electron chi connectivity index (χ3n) is 16.2. The summed E-state index contributed by atoms with van der Waals surface area (Å²) in [7, 11) is -6.74. The zero-order valence-corrected chi connectivity index (χ0v) is 55.0. The minimum atomic E-state index is -3.38. The Morgan fingerprint density at radius 2 is 0.804 bits per heavy atom. The fourth-order valence-electron chi connectivity index (χ4n) is 11.4. The van der Waals surface area contributed by atoms with E-state index in [9.17, 15) is 16.8 Å². The maximum Gasteiger partial charge on any atom is 0.203 e. The molecule has 0 aliphatic carbocycles. The zero-order chi connectivity index (χ0) is 65.0. The number of aromatic amines is 2. The lowest BCUT2D eigenvalue weighted by Crippen LogP contribution is -2.13. The minimum Gasteiger partial charge on any atom is -0.384 e. The molecule has 0 unspecified atom stereocenters. The maximum atomic E-state index is 12.8. The molecule has 4 N–H and O–H groups in total. The maximum absolute atomic E-state index is 12.8. The summed E-state index contributed by atoms with van der Waals surface area (Å²) in [5.74, 6) is 4.00. The van der Waals surface area contributed by atoms with Crippen LogP contribution < -0.4 is 5.73 Å². The Hall–Kier alpha value is -10.3. The van der Waals surface area contributed by atoms with Crippen LogP contribution in [0.1, 0.15) is 90.1 Å². The van der Waals surface area contributed by atoms with Gasteiger partial charge in [-0.1, -0.05) is 35.4 Å². The smallest absolute Gasteiger partial charge is 0.203 e. The van der Waals surface area contributed by atoms with Gasteiger partial charge in [-0.15, -0.1) is 5.10 Å². The van der Waals surface area contributed by atoms with Gasteiger partial charge in [0.1, 0.15) is 34.6 Å². The number of benzene rings is 2. The van der Waals surface area contributed by atoms with Crippen molar-refractivity contribution in [2.75, 3.05) is 17.2 Å². The van der Waals surface area contributed by atoms with E-state index >= 15 is 0 Å². The lowest BCUT2D eigenvalue weighted by molar-refractivity contribution is 0.579. The van der Waals surface area contributed by atoms with Gasteiger partial charge in [0.25, 0.3) is 0 Å². The lowest BCUT2D eigenvalue weighted by Gasteiger charge is -2.15. The summed E-state index contributed by atoms with van der Waals surface area (Å²) in [4.78, 5) is 14.8. The van der Waals surface area contributed by atoms with Gasteiger partial charge >= 0.3 is 0 Å². The van der Waals surface area contributed by atoms with Crippen molar-refractivity contribution in [1.29, 1.82) is 0 Å². The van der Waals surface area contributed by atoms with Crippen LogP contribution in [0.15, 0.2) is 174 Å². The first kappa shape index (κ1) is 63.3. The number of nitrogens with zero attached hydrogens (tertiary/aromatic N) is 14. The second kappa shape index (κ2) is 26.7. The molecule has 21 nitrogen and oxygen atoms in total. The minimum absolute atomic E-state index is 0.000892. The van der Waals surface area contributed by atoms with Crippen LogP contribution >= 0.6 is 0 Å². The van der Waals surface area contributed by atoms with E-state index in [1.54, 1.807) is 58.0 Å². The summed E-state index contributed by atoms with van der Waals surface area (Å²) in [5, 5.41) is 26.3. The van der Waals surface area contributed by atoms with Gasteiger partial charge in [0.2, 0.25) is 5.65 Å². The highest BCUT2D eigenvalue weighted by atomic mass is 32.2. The van der Waals surface area contributed by atoms with Crippen molar-refractivity contribution in [3.8, 4) is 23.3 Å². The summed E-state index contributed by atoms with van der Waals surface area (Å²) in [6.07, 6.45) is 13.1. The predicted octanol–water partition coefficient (Wildman–Crippen LogP) is 11.2. The first-order valence-corrected chi connectivity index (χ1v) is 33.5. The second-order valence-corrected chi connectivity index (χ2v) is 27.7. The average Bonchev–Trinajstić information content (AvgIpc) is 1.69. The van der Waals surface area contributed by atoms with Crippen LogP contribution in [0.2, 0.25) is 0 Å². The predicted molar refractivity (Wildman–Crippen MR) is 358 cm³/mol. The Bertz CT molecular complexity index is 4760. The van der Waals surface area contributed by atoms with Gasteiger partial charge in [-0.05, 0) is 206 Å². The number of aryl methyl sites for hydroxylation is 12. The van der Waals surface area contributed by atoms with E-state index in [0.29, 0.717) is 46.2 Å². The molecule has 0 fully saturated rings. The van der Waals surface area contributed by atoms with Crippen LogP contribution in [-0.2, 0) is 52.0 Å². The van der Waals surface area contributed by atoms with Crippen LogP contribution in [0.4, 0.5) is 5.82 Å². The largest absolute Gasteiger partial charge is 0.384 e. The molecule has 0 aliphatic rings. The highest BCUT2D eigenvalue weighted by Gasteiger charge is 2.20. The van der Waals surface area contributed by atoms with E-state index in [2.05, 4.69) is 187 Å². The van der Waals surface area contributed by atoms with Crippen molar-refractivity contribution in [3.63, 3.8) is 0 Å². The molecule has 0 saturated heterocycles. The normalized spacial score (nSPS) is 11.7. The molecule has 11 heterocycles. The summed E-state index contributed by atoms with van der Waals surface area (Å²) in [6, 6.07) is 41.1. The van der Waals surface area contributed by atoms with Crippen LogP contribution in [0.25, 0.3) is 34.4 Å². The highest BCUT2D eigenvalue weighted by molar-refractivity contribution is 7.91. The van der Waals surface area contributed by atoms with Gasteiger partial charge in [-0.25, -0.2) is 31.8 Å². The van der Waals surface area contributed by atoms with Gasteiger partial charge in [0, 0.05) is 83.4 Å². The quantitative estimate of drug-likeness (QED) is 0.0723. The molecule has 23 heteroatoms. The summed E-state index contributed by atoms with van der Waals surface area (Å²) in [6.45, 7) is 21.2. The molecular formula is C69H75N17O4S2. The Morgan fingerprint density at radius 1 is 0.424 bits per heavy atom. The number of fused-ring (bicyclic) bond motifs is 1. The van der Waals surface area contributed by atoms with Gasteiger partial charge in [0.05, 0.1) is 53.0 Å². The Balaban J connectivity index is 0.000000145. The van der Waals surface area contributed by atoms with Crippen molar-refractivity contribution in [1.82, 2.24) is 78.4 Å². The Kier molecular flexibility index (Phi) is 18.4. The molecule has 0 saturated carbocycles. The van der Waals surface area contributed by atoms with E-state index in [0.717, 1.165) is 91.4 Å². The topological polar surface area (TPSA) is 259 Å². The molecule has 0 atom stereocenters. The van der Waals surface area contributed by atoms with Crippen molar-refractivity contribution < 1.29 is 16.8 Å². The number of aromatic nitrogens is 16. The molecule has 11 aromatic heterocycles. The first-order valence-electron chi connectivity index (χ1n) is 30.2. The van der Waals surface area contributed by atoms with Gasteiger partial charge in [-0.3, -0.25) is 14.5 Å². The van der Waals surface area contributed by atoms with Gasteiger partial charge < -0.3 is 24.0 Å². The average molecular weight is 1270 g/mol. The number of nitrogens with two attached hydrogens (primary N) is 1.